The molecular weight excluding hydrogens is 801 g/mol. The van der Waals surface area contributed by atoms with E-state index < -0.39 is 29.5 Å². The van der Waals surface area contributed by atoms with E-state index in [9.17, 15) is 29.1 Å². The van der Waals surface area contributed by atoms with Crippen molar-refractivity contribution >= 4 is 62.9 Å². The average molecular weight is 857 g/mol. The minimum atomic E-state index is -0.914. The molecule has 1 saturated heterocycles. The summed E-state index contributed by atoms with van der Waals surface area (Å²) in [5.41, 5.74) is 6.73. The molecule has 5 amide bonds. The molecule has 2 heterocycles. The number of rotatable bonds is 16. The summed E-state index contributed by atoms with van der Waals surface area (Å²) in [7, 11) is 0. The number of nitrogens with one attached hydrogen (secondary N) is 4. The molecule has 5 N–H and O–H groups in total. The van der Waals surface area contributed by atoms with E-state index >= 15 is 0 Å². The first kappa shape index (κ1) is 45.3. The van der Waals surface area contributed by atoms with Gasteiger partial charge in [-0.05, 0) is 89.4 Å². The van der Waals surface area contributed by atoms with Crippen LogP contribution in [0.2, 0.25) is 0 Å². The van der Waals surface area contributed by atoms with Crippen LogP contribution in [-0.2, 0) is 25.7 Å². The van der Waals surface area contributed by atoms with Gasteiger partial charge in [-0.25, -0.2) is 4.98 Å². The van der Waals surface area contributed by atoms with E-state index in [1.165, 1.54) is 4.90 Å². The average Bonchev–Trinajstić information content (AvgIpc) is 3.87. The molecule has 1 aliphatic heterocycles. The minimum absolute atomic E-state index is 0.00327. The van der Waals surface area contributed by atoms with Crippen molar-refractivity contribution in [3.8, 4) is 10.4 Å². The number of nitrogens with zero attached hydrogens (tertiary/aromatic N) is 2. The quantitative estimate of drug-likeness (QED) is 0.0509. The first-order valence-electron chi connectivity index (χ1n) is 21.1. The highest BCUT2D eigenvalue weighted by atomic mass is 32.1. The van der Waals surface area contributed by atoms with Crippen molar-refractivity contribution in [2.45, 2.75) is 91.5 Å². The number of unbranched alkanes of at least 4 members (excludes halogenated alkanes) is 2. The largest absolute Gasteiger partial charge is 0.391 e. The van der Waals surface area contributed by atoms with Gasteiger partial charge in [0.1, 0.15) is 12.1 Å². The fourth-order valence-electron chi connectivity index (χ4n) is 7.54. The van der Waals surface area contributed by atoms with Crippen molar-refractivity contribution < 1.29 is 29.1 Å². The number of aryl methyl sites for hydroxylation is 1. The van der Waals surface area contributed by atoms with Crippen molar-refractivity contribution in [1.29, 1.82) is 0 Å². The number of likely N-dealkylation sites (tertiary alicyclic amines) is 1. The molecular formula is C49H56N6O6S. The van der Waals surface area contributed by atoms with Crippen LogP contribution < -0.4 is 21.3 Å². The van der Waals surface area contributed by atoms with Gasteiger partial charge in [0.15, 0.2) is 0 Å². The zero-order valence-electron chi connectivity index (χ0n) is 36.0. The van der Waals surface area contributed by atoms with Gasteiger partial charge in [0, 0.05) is 49.8 Å². The summed E-state index contributed by atoms with van der Waals surface area (Å²) in [5, 5.41) is 24.4. The highest BCUT2D eigenvalue weighted by Crippen LogP contribution is 2.29. The van der Waals surface area contributed by atoms with Crippen LogP contribution in [0.15, 0.2) is 103 Å². The Labute approximate surface area is 367 Å². The molecule has 0 unspecified atom stereocenters. The van der Waals surface area contributed by atoms with Crippen LogP contribution in [0, 0.1) is 12.3 Å². The summed E-state index contributed by atoms with van der Waals surface area (Å²) in [6.07, 6.45) is 2.80. The smallest absolute Gasteiger partial charge is 0.251 e. The number of thiazole rings is 1. The van der Waals surface area contributed by atoms with E-state index in [1.807, 2.05) is 101 Å². The molecule has 0 radical (unpaired) electrons. The van der Waals surface area contributed by atoms with E-state index in [4.69, 9.17) is 0 Å². The second kappa shape index (κ2) is 20.6. The van der Waals surface area contributed by atoms with Crippen molar-refractivity contribution in [2.75, 3.05) is 18.4 Å². The number of aliphatic hydroxyl groups excluding tert-OH is 1. The second-order valence-corrected chi connectivity index (χ2v) is 17.8. The molecule has 1 aliphatic rings. The molecule has 12 nitrogen and oxygen atoms in total. The molecule has 1 fully saturated rings. The van der Waals surface area contributed by atoms with Gasteiger partial charge in [-0.2, -0.15) is 0 Å². The molecule has 324 valence electrons. The molecule has 6 rings (SSSR count). The summed E-state index contributed by atoms with van der Waals surface area (Å²) >= 11 is 1.57. The Morgan fingerprint density at radius 3 is 2.37 bits per heavy atom. The third-order valence-electron chi connectivity index (χ3n) is 11.0. The number of benzene rings is 4. The summed E-state index contributed by atoms with van der Waals surface area (Å²) in [6, 6.07) is 27.0. The van der Waals surface area contributed by atoms with Gasteiger partial charge in [0.2, 0.25) is 23.6 Å². The topological polar surface area (TPSA) is 170 Å². The Bertz CT molecular complexity index is 2440. The van der Waals surface area contributed by atoms with Gasteiger partial charge >= 0.3 is 0 Å². The Hall–Kier alpha value is -6.18. The van der Waals surface area contributed by atoms with Crippen molar-refractivity contribution in [2.24, 2.45) is 5.41 Å². The van der Waals surface area contributed by atoms with Gasteiger partial charge in [0.25, 0.3) is 5.91 Å². The van der Waals surface area contributed by atoms with Crippen LogP contribution in [0.5, 0.6) is 0 Å². The number of carbonyl (C=O) groups excluding carboxylic acids is 5. The van der Waals surface area contributed by atoms with Gasteiger partial charge in [-0.1, -0.05) is 93.9 Å². The van der Waals surface area contributed by atoms with Crippen molar-refractivity contribution in [3.05, 3.63) is 125 Å². The molecule has 0 saturated carbocycles. The molecule has 5 aromatic rings. The first-order chi connectivity index (χ1) is 29.7. The van der Waals surface area contributed by atoms with E-state index in [1.54, 1.807) is 41.7 Å². The van der Waals surface area contributed by atoms with E-state index in [-0.39, 0.29) is 49.6 Å². The number of aromatic nitrogens is 1. The van der Waals surface area contributed by atoms with Gasteiger partial charge in [-0.3, -0.25) is 24.0 Å². The van der Waals surface area contributed by atoms with Crippen molar-refractivity contribution in [3.63, 3.8) is 0 Å². The normalized spacial score (nSPS) is 15.8. The van der Waals surface area contributed by atoms with Crippen LogP contribution in [-0.4, -0.2) is 75.8 Å². The highest BCUT2D eigenvalue weighted by molar-refractivity contribution is 7.13. The molecule has 1 aromatic heterocycles. The number of amides is 5. The number of carbonyl (C=O) groups is 5. The Kier molecular flexibility index (Phi) is 15.1. The Morgan fingerprint density at radius 1 is 0.887 bits per heavy atom. The lowest BCUT2D eigenvalue weighted by atomic mass is 9.85. The maximum atomic E-state index is 14.0. The number of fused-ring (bicyclic) bond motifs is 1. The lowest BCUT2D eigenvalue weighted by Crippen LogP contribution is -2.57. The summed E-state index contributed by atoms with van der Waals surface area (Å²) in [6.45, 7) is 10.1. The lowest BCUT2D eigenvalue weighted by molar-refractivity contribution is -0.144. The van der Waals surface area contributed by atoms with E-state index in [2.05, 4.69) is 32.3 Å². The minimum Gasteiger partial charge on any atom is -0.391 e. The van der Waals surface area contributed by atoms with E-state index in [0.29, 0.717) is 37.1 Å². The molecule has 3 atom stereocenters. The standard InChI is InChI=1S/C49H56N6O6S/c1-31(36-22-21-34-12-8-9-13-37(34)25-36)24-43(58)53-39-15-11-14-38(26-39)46(59)50-23-10-6-7-16-42(57)54-45(49(3,4)5)48(61)55-29-40(56)27-41(55)47(60)51-28-33-17-19-35(20-18-33)44-32(2)52-30-62-44/h8-9,11-15,17-22,24-26,30,40-41,45,56H,6-7,10,16,23,27-29H2,1-5H3,(H,50,59)(H,51,60)(H,53,58)(H,54,57)/b31-24+/t40-,41+,45+/m0/s1. The van der Waals surface area contributed by atoms with Gasteiger partial charge < -0.3 is 31.3 Å². The lowest BCUT2D eigenvalue weighted by Gasteiger charge is -2.35. The Morgan fingerprint density at radius 2 is 1.65 bits per heavy atom. The number of hydrogen-bond acceptors (Lipinski definition) is 8. The molecule has 4 aromatic carbocycles. The summed E-state index contributed by atoms with van der Waals surface area (Å²) in [4.78, 5) is 73.2. The fourth-order valence-corrected chi connectivity index (χ4v) is 8.35. The fraction of sp³-hybridized carbons (Fsp3) is 0.347. The zero-order valence-corrected chi connectivity index (χ0v) is 36.8. The monoisotopic (exact) mass is 856 g/mol. The van der Waals surface area contributed by atoms with Crippen LogP contribution in [0.1, 0.15) is 87.0 Å². The summed E-state index contributed by atoms with van der Waals surface area (Å²) < 4.78 is 0. The van der Waals surface area contributed by atoms with Gasteiger partial charge in [-0.15, -0.1) is 11.3 Å². The van der Waals surface area contributed by atoms with Crippen LogP contribution in [0.25, 0.3) is 26.8 Å². The van der Waals surface area contributed by atoms with Crippen LogP contribution >= 0.6 is 11.3 Å². The number of aliphatic hydroxyl groups is 1. The van der Waals surface area contributed by atoms with Crippen LogP contribution in [0.3, 0.4) is 0 Å². The molecule has 13 heteroatoms. The molecule has 0 bridgehead atoms. The SMILES string of the molecule is C/C(=C\C(=O)Nc1cccc(C(=O)NCCCCCC(=O)N[C@H](C(=O)N2C[C@@H](O)C[C@@H]2C(=O)NCc2ccc(-c3scnc3C)cc2)C(C)(C)C)c1)c1ccc2ccccc2c1. The number of allylic oxidation sites excluding steroid dienone is 1. The van der Waals surface area contributed by atoms with Crippen LogP contribution in [0.4, 0.5) is 5.69 Å². The third-order valence-corrected chi connectivity index (χ3v) is 12.0. The molecule has 62 heavy (non-hydrogen) atoms. The molecule has 0 spiro atoms. The maximum absolute atomic E-state index is 14.0. The van der Waals surface area contributed by atoms with Gasteiger partial charge in [0.05, 0.1) is 22.2 Å². The number of β-amino-alcohol motifs (C(OH)–C–C–N with tert-alkyl or cyclic N) is 1. The first-order valence-corrected chi connectivity index (χ1v) is 22.0. The third kappa shape index (κ3) is 12.0. The number of hydrogen-bond donors (Lipinski definition) is 5. The zero-order chi connectivity index (χ0) is 44.4. The van der Waals surface area contributed by atoms with Crippen molar-refractivity contribution in [1.82, 2.24) is 25.8 Å². The summed E-state index contributed by atoms with van der Waals surface area (Å²) in [5.74, 6) is -1.64. The second-order valence-electron chi connectivity index (χ2n) is 17.0. The predicted molar refractivity (Wildman–Crippen MR) is 245 cm³/mol. The number of anilines is 1. The maximum Gasteiger partial charge on any atom is 0.251 e. The predicted octanol–water partition coefficient (Wildman–Crippen LogP) is 7.41. The molecule has 0 aliphatic carbocycles. The highest BCUT2D eigenvalue weighted by Gasteiger charge is 2.44. The van der Waals surface area contributed by atoms with E-state index in [0.717, 1.165) is 43.6 Å². The Balaban J connectivity index is 0.925.